The third kappa shape index (κ3) is 1.58. The standard InChI is InChI=1S/C6H10ClNO/c7-3-5-8-4-1-2-6(8)9/h1-5H2. The van der Waals surface area contributed by atoms with Crippen molar-refractivity contribution >= 4 is 17.5 Å². The van der Waals surface area contributed by atoms with Gasteiger partial charge in [0, 0.05) is 25.4 Å². The minimum atomic E-state index is 0.260. The van der Waals surface area contributed by atoms with Crippen molar-refractivity contribution in [1.29, 1.82) is 0 Å². The summed E-state index contributed by atoms with van der Waals surface area (Å²) in [5.41, 5.74) is 0. The summed E-state index contributed by atoms with van der Waals surface area (Å²) in [5, 5.41) is 0. The molecule has 0 aliphatic carbocycles. The summed E-state index contributed by atoms with van der Waals surface area (Å²) in [6.07, 6.45) is 1.73. The Morgan fingerprint density at radius 3 is 2.89 bits per heavy atom. The summed E-state index contributed by atoms with van der Waals surface area (Å²) in [7, 11) is 0. The highest BCUT2D eigenvalue weighted by Gasteiger charge is 2.18. The van der Waals surface area contributed by atoms with Crippen LogP contribution in [0.3, 0.4) is 0 Å². The third-order valence-corrected chi connectivity index (χ3v) is 1.69. The number of halogens is 1. The van der Waals surface area contributed by atoms with Crippen molar-refractivity contribution in [2.75, 3.05) is 19.0 Å². The van der Waals surface area contributed by atoms with Crippen LogP contribution < -0.4 is 0 Å². The van der Waals surface area contributed by atoms with Crippen LogP contribution in [0.15, 0.2) is 0 Å². The first-order valence-corrected chi connectivity index (χ1v) is 3.72. The van der Waals surface area contributed by atoms with Gasteiger partial charge in [-0.1, -0.05) is 0 Å². The summed E-state index contributed by atoms with van der Waals surface area (Å²) in [5.74, 6) is 0.821. The maximum Gasteiger partial charge on any atom is 0.222 e. The second-order valence-corrected chi connectivity index (χ2v) is 2.55. The average molecular weight is 148 g/mol. The van der Waals surface area contributed by atoms with Gasteiger partial charge < -0.3 is 4.90 Å². The van der Waals surface area contributed by atoms with Crippen LogP contribution in [0, 0.1) is 0 Å². The molecule has 1 heterocycles. The van der Waals surface area contributed by atoms with Gasteiger partial charge >= 0.3 is 0 Å². The molecular formula is C6H10ClNO. The van der Waals surface area contributed by atoms with E-state index in [2.05, 4.69) is 0 Å². The lowest BCUT2D eigenvalue weighted by Gasteiger charge is -2.11. The zero-order valence-electron chi connectivity index (χ0n) is 5.27. The van der Waals surface area contributed by atoms with Gasteiger partial charge in [0.15, 0.2) is 0 Å². The smallest absolute Gasteiger partial charge is 0.222 e. The highest BCUT2D eigenvalue weighted by atomic mass is 35.5. The lowest BCUT2D eigenvalue weighted by atomic mass is 10.4. The van der Waals surface area contributed by atoms with E-state index in [1.807, 2.05) is 4.90 Å². The molecule has 0 bridgehead atoms. The maximum atomic E-state index is 10.8. The molecule has 0 N–H and O–H groups in total. The first kappa shape index (κ1) is 6.87. The molecule has 1 saturated heterocycles. The minimum absolute atomic E-state index is 0.260. The van der Waals surface area contributed by atoms with Gasteiger partial charge in [0.1, 0.15) is 0 Å². The van der Waals surface area contributed by atoms with Gasteiger partial charge in [0.05, 0.1) is 0 Å². The highest BCUT2D eigenvalue weighted by molar-refractivity contribution is 6.18. The Kier molecular flexibility index (Phi) is 2.34. The number of hydrogen-bond acceptors (Lipinski definition) is 1. The number of rotatable bonds is 2. The molecule has 3 heteroatoms. The molecular weight excluding hydrogens is 138 g/mol. The first-order valence-electron chi connectivity index (χ1n) is 3.18. The minimum Gasteiger partial charge on any atom is -0.341 e. The summed E-state index contributed by atoms with van der Waals surface area (Å²) in [4.78, 5) is 12.6. The van der Waals surface area contributed by atoms with E-state index in [-0.39, 0.29) is 5.91 Å². The number of carbonyl (C=O) groups excluding carboxylic acids is 1. The van der Waals surface area contributed by atoms with Gasteiger partial charge in [-0.25, -0.2) is 0 Å². The van der Waals surface area contributed by atoms with E-state index in [0.717, 1.165) is 25.9 Å². The van der Waals surface area contributed by atoms with Crippen LogP contribution in [-0.2, 0) is 4.79 Å². The van der Waals surface area contributed by atoms with Gasteiger partial charge in [0.2, 0.25) is 5.91 Å². The number of carbonyl (C=O) groups is 1. The fourth-order valence-corrected chi connectivity index (χ4v) is 1.25. The van der Waals surface area contributed by atoms with E-state index in [4.69, 9.17) is 11.6 Å². The van der Waals surface area contributed by atoms with E-state index in [1.165, 1.54) is 0 Å². The van der Waals surface area contributed by atoms with E-state index in [1.54, 1.807) is 0 Å². The van der Waals surface area contributed by atoms with Crippen molar-refractivity contribution in [3.05, 3.63) is 0 Å². The predicted molar refractivity (Wildman–Crippen MR) is 36.5 cm³/mol. The molecule has 1 aliphatic heterocycles. The third-order valence-electron chi connectivity index (χ3n) is 1.53. The molecule has 0 saturated carbocycles. The van der Waals surface area contributed by atoms with E-state index < -0.39 is 0 Å². The summed E-state index contributed by atoms with van der Waals surface area (Å²) in [6.45, 7) is 1.63. The zero-order chi connectivity index (χ0) is 6.69. The second kappa shape index (κ2) is 3.06. The Hall–Kier alpha value is -0.240. The molecule has 0 radical (unpaired) electrons. The molecule has 2 nitrogen and oxygen atoms in total. The Morgan fingerprint density at radius 2 is 2.44 bits per heavy atom. The molecule has 9 heavy (non-hydrogen) atoms. The monoisotopic (exact) mass is 147 g/mol. The molecule has 0 aromatic heterocycles. The van der Waals surface area contributed by atoms with E-state index in [0.29, 0.717) is 5.88 Å². The molecule has 1 aliphatic rings. The molecule has 0 aromatic carbocycles. The normalized spacial score (nSPS) is 19.2. The average Bonchev–Trinajstić information content (AvgIpc) is 2.18. The van der Waals surface area contributed by atoms with E-state index in [9.17, 15) is 4.79 Å². The number of nitrogens with zero attached hydrogens (tertiary/aromatic N) is 1. The Morgan fingerprint density at radius 1 is 1.67 bits per heavy atom. The predicted octanol–water partition coefficient (Wildman–Crippen LogP) is 0.848. The van der Waals surface area contributed by atoms with Crippen LogP contribution in [-0.4, -0.2) is 29.8 Å². The quantitative estimate of drug-likeness (QED) is 0.531. The molecule has 52 valence electrons. The molecule has 0 spiro atoms. The van der Waals surface area contributed by atoms with Gasteiger partial charge in [-0.15, -0.1) is 11.6 Å². The van der Waals surface area contributed by atoms with Gasteiger partial charge in [-0.05, 0) is 6.42 Å². The number of hydrogen-bond donors (Lipinski definition) is 0. The lowest BCUT2D eigenvalue weighted by Crippen LogP contribution is -2.26. The van der Waals surface area contributed by atoms with Crippen LogP contribution in [0.5, 0.6) is 0 Å². The number of alkyl halides is 1. The molecule has 0 aromatic rings. The molecule has 0 unspecified atom stereocenters. The van der Waals surface area contributed by atoms with Crippen LogP contribution in [0.4, 0.5) is 0 Å². The van der Waals surface area contributed by atoms with Crippen molar-refractivity contribution in [3.8, 4) is 0 Å². The summed E-state index contributed by atoms with van der Waals surface area (Å²) in [6, 6.07) is 0. The Balaban J connectivity index is 2.31. The number of likely N-dealkylation sites (tertiary alicyclic amines) is 1. The van der Waals surface area contributed by atoms with Crippen molar-refractivity contribution in [1.82, 2.24) is 4.90 Å². The second-order valence-electron chi connectivity index (χ2n) is 2.17. The fourth-order valence-electron chi connectivity index (χ4n) is 1.04. The van der Waals surface area contributed by atoms with Crippen molar-refractivity contribution in [3.63, 3.8) is 0 Å². The topological polar surface area (TPSA) is 20.3 Å². The van der Waals surface area contributed by atoms with Crippen LogP contribution >= 0.6 is 11.6 Å². The lowest BCUT2D eigenvalue weighted by molar-refractivity contribution is -0.127. The van der Waals surface area contributed by atoms with Crippen molar-refractivity contribution in [2.45, 2.75) is 12.8 Å². The zero-order valence-corrected chi connectivity index (χ0v) is 6.02. The van der Waals surface area contributed by atoms with Gasteiger partial charge in [-0.2, -0.15) is 0 Å². The van der Waals surface area contributed by atoms with Crippen molar-refractivity contribution < 1.29 is 4.79 Å². The summed E-state index contributed by atoms with van der Waals surface area (Å²) < 4.78 is 0. The fraction of sp³-hybridized carbons (Fsp3) is 0.833. The molecule has 1 amide bonds. The Labute approximate surface area is 59.8 Å². The maximum absolute atomic E-state index is 10.8. The summed E-state index contributed by atoms with van der Waals surface area (Å²) >= 11 is 5.45. The SMILES string of the molecule is O=C1CCCN1CCCl. The van der Waals surface area contributed by atoms with Gasteiger partial charge in [-0.3, -0.25) is 4.79 Å². The van der Waals surface area contributed by atoms with Crippen LogP contribution in [0.25, 0.3) is 0 Å². The van der Waals surface area contributed by atoms with Gasteiger partial charge in [0.25, 0.3) is 0 Å². The van der Waals surface area contributed by atoms with Crippen LogP contribution in [0.1, 0.15) is 12.8 Å². The molecule has 0 atom stereocenters. The largest absolute Gasteiger partial charge is 0.341 e. The number of amides is 1. The first-order chi connectivity index (χ1) is 4.34. The van der Waals surface area contributed by atoms with E-state index >= 15 is 0 Å². The highest BCUT2D eigenvalue weighted by Crippen LogP contribution is 2.08. The molecule has 1 rings (SSSR count). The van der Waals surface area contributed by atoms with Crippen LogP contribution in [0.2, 0.25) is 0 Å². The Bertz CT molecular complexity index is 116. The molecule has 1 fully saturated rings. The van der Waals surface area contributed by atoms with Crippen molar-refractivity contribution in [2.24, 2.45) is 0 Å².